The second-order valence-corrected chi connectivity index (χ2v) is 4.49. The molecule has 0 aliphatic heterocycles. The Balaban J connectivity index is 3.09. The molecule has 0 amide bonds. The Morgan fingerprint density at radius 1 is 1.24 bits per heavy atom. The molecule has 0 radical (unpaired) electrons. The number of hydrogen-bond acceptors (Lipinski definition) is 3. The van der Waals surface area contributed by atoms with Gasteiger partial charge < -0.3 is 14.6 Å². The number of aliphatic carboxylic acids is 1. The summed E-state index contributed by atoms with van der Waals surface area (Å²) in [5.41, 5.74) is 0.741. The Labute approximate surface area is 114 Å². The van der Waals surface area contributed by atoms with Crippen LogP contribution in [-0.2, 0) is 11.2 Å². The molecule has 0 atom stereocenters. The first-order chi connectivity index (χ1) is 8.08. The van der Waals surface area contributed by atoms with Crippen LogP contribution in [0.25, 0.3) is 0 Å². The Kier molecular flexibility index (Phi) is 5.54. The van der Waals surface area contributed by atoms with Crippen molar-refractivity contribution in [2.24, 2.45) is 0 Å². The molecule has 0 heterocycles. The van der Waals surface area contributed by atoms with Crippen molar-refractivity contribution in [3.63, 3.8) is 0 Å². The van der Waals surface area contributed by atoms with Gasteiger partial charge in [-0.05, 0) is 54.1 Å². The monoisotopic (exact) mass is 350 g/mol. The predicted octanol–water partition coefficient (Wildman–Crippen LogP) is 2.72. The smallest absolute Gasteiger partial charge is 0.307 e. The number of benzene rings is 1. The minimum atomic E-state index is -0.852. The summed E-state index contributed by atoms with van der Waals surface area (Å²) in [5.74, 6) is 0.411. The Bertz CT molecular complexity index is 404. The number of carboxylic acids is 1. The molecule has 0 bridgehead atoms. The third-order valence-electron chi connectivity index (χ3n) is 2.05. The molecule has 0 aliphatic rings. The molecule has 1 aromatic carbocycles. The van der Waals surface area contributed by atoms with Crippen LogP contribution in [0.2, 0.25) is 0 Å². The van der Waals surface area contributed by atoms with Crippen molar-refractivity contribution >= 4 is 28.6 Å². The highest BCUT2D eigenvalue weighted by atomic mass is 127. The maximum atomic E-state index is 10.7. The molecule has 5 heteroatoms. The summed E-state index contributed by atoms with van der Waals surface area (Å²) in [7, 11) is 0. The molecular weight excluding hydrogens is 335 g/mol. The molecule has 0 fully saturated rings. The third kappa shape index (κ3) is 4.07. The zero-order valence-electron chi connectivity index (χ0n) is 9.83. The van der Waals surface area contributed by atoms with Crippen LogP contribution in [0.3, 0.4) is 0 Å². The molecule has 0 aliphatic carbocycles. The van der Waals surface area contributed by atoms with Crippen LogP contribution >= 0.6 is 22.6 Å². The van der Waals surface area contributed by atoms with Gasteiger partial charge in [0.05, 0.1) is 19.6 Å². The van der Waals surface area contributed by atoms with E-state index in [0.717, 1.165) is 9.13 Å². The highest BCUT2D eigenvalue weighted by Crippen LogP contribution is 2.32. The van der Waals surface area contributed by atoms with Gasteiger partial charge >= 0.3 is 5.97 Å². The molecule has 0 spiro atoms. The Morgan fingerprint density at radius 2 is 1.76 bits per heavy atom. The maximum Gasteiger partial charge on any atom is 0.307 e. The van der Waals surface area contributed by atoms with Gasteiger partial charge in [-0.1, -0.05) is 0 Å². The van der Waals surface area contributed by atoms with Crippen LogP contribution in [0.5, 0.6) is 11.5 Å². The van der Waals surface area contributed by atoms with E-state index in [4.69, 9.17) is 14.6 Å². The lowest BCUT2D eigenvalue weighted by Crippen LogP contribution is -2.05. The van der Waals surface area contributed by atoms with Gasteiger partial charge in [0.2, 0.25) is 0 Å². The molecule has 0 saturated heterocycles. The number of hydrogen-bond donors (Lipinski definition) is 1. The third-order valence-corrected chi connectivity index (χ3v) is 3.06. The molecule has 1 N–H and O–H groups in total. The first-order valence-electron chi connectivity index (χ1n) is 5.38. The molecule has 17 heavy (non-hydrogen) atoms. The lowest BCUT2D eigenvalue weighted by molar-refractivity contribution is -0.136. The SMILES string of the molecule is CCOc1cc(I)c(CC(=O)O)cc1OCC. The first kappa shape index (κ1) is 14.1. The Morgan fingerprint density at radius 3 is 2.24 bits per heavy atom. The fourth-order valence-electron chi connectivity index (χ4n) is 1.41. The standard InChI is InChI=1S/C12H15IO4/c1-3-16-10-5-8(6-12(14)15)9(13)7-11(10)17-4-2/h5,7H,3-4,6H2,1-2H3,(H,14,15). The summed E-state index contributed by atoms with van der Waals surface area (Å²) in [6.45, 7) is 4.85. The first-order valence-corrected chi connectivity index (χ1v) is 6.46. The predicted molar refractivity (Wildman–Crippen MR) is 72.8 cm³/mol. The minimum absolute atomic E-state index is 0.00917. The van der Waals surface area contributed by atoms with Crippen LogP contribution < -0.4 is 9.47 Å². The van der Waals surface area contributed by atoms with Crippen molar-refractivity contribution in [1.29, 1.82) is 0 Å². The molecule has 0 unspecified atom stereocenters. The van der Waals surface area contributed by atoms with Gasteiger partial charge in [-0.3, -0.25) is 4.79 Å². The molecule has 1 rings (SSSR count). The van der Waals surface area contributed by atoms with Crippen LogP contribution in [0.4, 0.5) is 0 Å². The highest BCUT2D eigenvalue weighted by molar-refractivity contribution is 14.1. The largest absolute Gasteiger partial charge is 0.490 e. The normalized spacial score (nSPS) is 10.1. The summed E-state index contributed by atoms with van der Waals surface area (Å²) in [5, 5.41) is 8.81. The summed E-state index contributed by atoms with van der Waals surface area (Å²) >= 11 is 2.11. The molecular formula is C12H15IO4. The second kappa shape index (κ2) is 6.68. The number of ether oxygens (including phenoxy) is 2. The minimum Gasteiger partial charge on any atom is -0.490 e. The number of carbonyl (C=O) groups is 1. The number of rotatable bonds is 6. The maximum absolute atomic E-state index is 10.7. The lowest BCUT2D eigenvalue weighted by Gasteiger charge is -2.13. The van der Waals surface area contributed by atoms with Crippen LogP contribution in [0.1, 0.15) is 19.4 Å². The van der Waals surface area contributed by atoms with Crippen LogP contribution in [-0.4, -0.2) is 24.3 Å². The van der Waals surface area contributed by atoms with E-state index in [0.29, 0.717) is 24.7 Å². The summed E-state index contributed by atoms with van der Waals surface area (Å²) < 4.78 is 11.8. The molecule has 0 saturated carbocycles. The van der Waals surface area contributed by atoms with Crippen molar-refractivity contribution in [1.82, 2.24) is 0 Å². The average Bonchev–Trinajstić information content (AvgIpc) is 2.24. The highest BCUT2D eigenvalue weighted by Gasteiger charge is 2.12. The zero-order chi connectivity index (χ0) is 12.8. The van der Waals surface area contributed by atoms with E-state index in [1.165, 1.54) is 0 Å². The summed E-state index contributed by atoms with van der Waals surface area (Å²) in [6.07, 6.45) is -0.00917. The van der Waals surface area contributed by atoms with E-state index < -0.39 is 5.97 Å². The fourth-order valence-corrected chi connectivity index (χ4v) is 2.04. The molecule has 0 aromatic heterocycles. The fraction of sp³-hybridized carbons (Fsp3) is 0.417. The van der Waals surface area contributed by atoms with Crippen LogP contribution in [0.15, 0.2) is 12.1 Å². The van der Waals surface area contributed by atoms with E-state index in [9.17, 15) is 4.79 Å². The van der Waals surface area contributed by atoms with Gasteiger partial charge in [-0.15, -0.1) is 0 Å². The van der Waals surface area contributed by atoms with Gasteiger partial charge in [0.1, 0.15) is 0 Å². The van der Waals surface area contributed by atoms with E-state index in [1.54, 1.807) is 6.07 Å². The zero-order valence-corrected chi connectivity index (χ0v) is 12.0. The molecule has 4 nitrogen and oxygen atoms in total. The van der Waals surface area contributed by atoms with Gasteiger partial charge in [0, 0.05) is 3.57 Å². The molecule has 94 valence electrons. The second-order valence-electron chi connectivity index (χ2n) is 3.33. The van der Waals surface area contributed by atoms with Crippen LogP contribution in [0, 0.1) is 3.57 Å². The van der Waals surface area contributed by atoms with Gasteiger partial charge in [-0.2, -0.15) is 0 Å². The van der Waals surface area contributed by atoms with E-state index in [1.807, 2.05) is 19.9 Å². The van der Waals surface area contributed by atoms with Gasteiger partial charge in [-0.25, -0.2) is 0 Å². The summed E-state index contributed by atoms with van der Waals surface area (Å²) in [6, 6.07) is 3.55. The van der Waals surface area contributed by atoms with Crippen molar-refractivity contribution in [2.75, 3.05) is 13.2 Å². The van der Waals surface area contributed by atoms with Crippen molar-refractivity contribution < 1.29 is 19.4 Å². The number of halogens is 1. The van der Waals surface area contributed by atoms with Gasteiger partial charge in [0.25, 0.3) is 0 Å². The van der Waals surface area contributed by atoms with Crippen molar-refractivity contribution in [2.45, 2.75) is 20.3 Å². The van der Waals surface area contributed by atoms with E-state index >= 15 is 0 Å². The lowest BCUT2D eigenvalue weighted by atomic mass is 10.1. The Hall–Kier alpha value is -0.980. The quantitative estimate of drug-likeness (QED) is 0.802. The van der Waals surface area contributed by atoms with Gasteiger partial charge in [0.15, 0.2) is 11.5 Å². The molecule has 1 aromatic rings. The van der Waals surface area contributed by atoms with E-state index in [2.05, 4.69) is 22.6 Å². The number of carboxylic acid groups (broad SMARTS) is 1. The summed E-state index contributed by atoms with van der Waals surface area (Å²) in [4.78, 5) is 10.7. The van der Waals surface area contributed by atoms with Crippen molar-refractivity contribution in [3.05, 3.63) is 21.3 Å². The van der Waals surface area contributed by atoms with E-state index in [-0.39, 0.29) is 6.42 Å². The average molecular weight is 350 g/mol. The van der Waals surface area contributed by atoms with Crippen molar-refractivity contribution in [3.8, 4) is 11.5 Å². The topological polar surface area (TPSA) is 55.8 Å².